The van der Waals surface area contributed by atoms with Gasteiger partial charge in [-0.25, -0.2) is 0 Å². The SMILES string of the molecule is COc1cccc(OC)c1/C(O)=C1\C(=O)C(=O)N(c2ccc(N(C)C)cc2)C1c1cccnc1. The van der Waals surface area contributed by atoms with Crippen LogP contribution in [-0.4, -0.2) is 50.1 Å². The van der Waals surface area contributed by atoms with Crippen molar-refractivity contribution in [3.63, 3.8) is 0 Å². The Labute approximate surface area is 197 Å². The van der Waals surface area contributed by atoms with Gasteiger partial charge in [0.2, 0.25) is 0 Å². The number of hydrogen-bond donors (Lipinski definition) is 1. The third kappa shape index (κ3) is 3.83. The van der Waals surface area contributed by atoms with Crippen molar-refractivity contribution in [3.8, 4) is 11.5 Å². The topological polar surface area (TPSA) is 92.2 Å². The number of methoxy groups -OCH3 is 2. The van der Waals surface area contributed by atoms with E-state index in [0.717, 1.165) is 5.69 Å². The number of aliphatic hydroxyl groups is 1. The zero-order valence-corrected chi connectivity index (χ0v) is 19.4. The van der Waals surface area contributed by atoms with Crippen molar-refractivity contribution in [2.24, 2.45) is 0 Å². The first-order chi connectivity index (χ1) is 16.4. The molecule has 4 rings (SSSR count). The molecule has 0 aliphatic carbocycles. The minimum Gasteiger partial charge on any atom is -0.506 e. The molecule has 1 fully saturated rings. The van der Waals surface area contributed by atoms with Crippen molar-refractivity contribution in [2.75, 3.05) is 38.1 Å². The molecule has 2 aromatic carbocycles. The van der Waals surface area contributed by atoms with Gasteiger partial charge in [-0.05, 0) is 48.0 Å². The van der Waals surface area contributed by atoms with E-state index in [1.807, 2.05) is 31.1 Å². The number of carbonyl (C=O) groups is 2. The van der Waals surface area contributed by atoms with Gasteiger partial charge in [0.15, 0.2) is 0 Å². The molecule has 0 bridgehead atoms. The number of hydrogen-bond acceptors (Lipinski definition) is 7. The van der Waals surface area contributed by atoms with E-state index in [-0.39, 0.29) is 16.9 Å². The van der Waals surface area contributed by atoms with Crippen LogP contribution >= 0.6 is 0 Å². The number of benzene rings is 2. The molecule has 1 atom stereocenters. The summed E-state index contributed by atoms with van der Waals surface area (Å²) in [5.41, 5.74) is 2.17. The van der Waals surface area contributed by atoms with E-state index >= 15 is 0 Å². The van der Waals surface area contributed by atoms with E-state index in [2.05, 4.69) is 4.98 Å². The van der Waals surface area contributed by atoms with Gasteiger partial charge in [-0.2, -0.15) is 0 Å². The Hall–Kier alpha value is -4.33. The van der Waals surface area contributed by atoms with Gasteiger partial charge < -0.3 is 19.5 Å². The molecule has 2 heterocycles. The number of ether oxygens (including phenoxy) is 2. The van der Waals surface area contributed by atoms with Gasteiger partial charge in [0.25, 0.3) is 11.7 Å². The number of carbonyl (C=O) groups excluding carboxylic acids is 2. The summed E-state index contributed by atoms with van der Waals surface area (Å²) in [6.45, 7) is 0. The van der Waals surface area contributed by atoms with Crippen molar-refractivity contribution >= 4 is 28.8 Å². The van der Waals surface area contributed by atoms with Crippen LogP contribution in [0.3, 0.4) is 0 Å². The van der Waals surface area contributed by atoms with Crippen LogP contribution in [-0.2, 0) is 9.59 Å². The summed E-state index contributed by atoms with van der Waals surface area (Å²) >= 11 is 0. The van der Waals surface area contributed by atoms with Crippen LogP contribution in [0.4, 0.5) is 11.4 Å². The van der Waals surface area contributed by atoms with Gasteiger partial charge in [0.1, 0.15) is 22.8 Å². The molecule has 174 valence electrons. The second kappa shape index (κ2) is 9.27. The predicted octanol–water partition coefficient (Wildman–Crippen LogP) is 3.79. The lowest BCUT2D eigenvalue weighted by molar-refractivity contribution is -0.132. The van der Waals surface area contributed by atoms with Crippen molar-refractivity contribution in [1.82, 2.24) is 4.98 Å². The third-order valence-corrected chi connectivity index (χ3v) is 5.75. The van der Waals surface area contributed by atoms with Crippen molar-refractivity contribution in [3.05, 3.63) is 83.7 Å². The predicted molar refractivity (Wildman–Crippen MR) is 129 cm³/mol. The first kappa shape index (κ1) is 22.8. The highest BCUT2D eigenvalue weighted by molar-refractivity contribution is 6.51. The number of aromatic nitrogens is 1. The fraction of sp³-hybridized carbons (Fsp3) is 0.192. The van der Waals surface area contributed by atoms with Gasteiger partial charge in [0.05, 0.1) is 25.8 Å². The fourth-order valence-corrected chi connectivity index (χ4v) is 4.08. The maximum Gasteiger partial charge on any atom is 0.300 e. The Morgan fingerprint density at radius 3 is 2.15 bits per heavy atom. The lowest BCUT2D eigenvalue weighted by atomic mass is 9.95. The lowest BCUT2D eigenvalue weighted by Gasteiger charge is -2.26. The fourth-order valence-electron chi connectivity index (χ4n) is 4.08. The number of rotatable bonds is 6. The van der Waals surface area contributed by atoms with Crippen molar-refractivity contribution in [1.29, 1.82) is 0 Å². The highest BCUT2D eigenvalue weighted by Crippen LogP contribution is 2.45. The van der Waals surface area contributed by atoms with Crippen LogP contribution in [0.5, 0.6) is 11.5 Å². The lowest BCUT2D eigenvalue weighted by Crippen LogP contribution is -2.29. The highest BCUT2D eigenvalue weighted by atomic mass is 16.5. The molecule has 1 N–H and O–H groups in total. The summed E-state index contributed by atoms with van der Waals surface area (Å²) in [7, 11) is 6.74. The maximum absolute atomic E-state index is 13.3. The van der Waals surface area contributed by atoms with Gasteiger partial charge >= 0.3 is 0 Å². The Kier molecular flexibility index (Phi) is 6.23. The van der Waals surface area contributed by atoms with Crippen LogP contribution < -0.4 is 19.3 Å². The average Bonchev–Trinajstić information content (AvgIpc) is 3.13. The Balaban J connectivity index is 1.96. The van der Waals surface area contributed by atoms with Crippen LogP contribution in [0, 0.1) is 0 Å². The molecule has 0 spiro atoms. The van der Waals surface area contributed by atoms with E-state index in [9.17, 15) is 14.7 Å². The largest absolute Gasteiger partial charge is 0.506 e. The summed E-state index contributed by atoms with van der Waals surface area (Å²) in [6.07, 6.45) is 3.18. The molecule has 0 saturated carbocycles. The molecule has 1 unspecified atom stereocenters. The van der Waals surface area contributed by atoms with Gasteiger partial charge in [-0.3, -0.25) is 19.5 Å². The van der Waals surface area contributed by atoms with Crippen LogP contribution in [0.15, 0.2) is 72.6 Å². The molecule has 34 heavy (non-hydrogen) atoms. The standard InChI is InChI=1S/C26H25N3O5/c1-28(2)17-10-12-18(13-11-17)29-23(16-7-6-14-27-15-16)22(25(31)26(29)32)24(30)21-19(33-3)8-5-9-20(21)34-4/h5-15,23,30H,1-4H3/b24-22+. The number of pyridine rings is 1. The van der Waals surface area contributed by atoms with Gasteiger partial charge in [0, 0.05) is 37.9 Å². The van der Waals surface area contributed by atoms with E-state index in [1.165, 1.54) is 19.1 Å². The molecule has 3 aromatic rings. The number of anilines is 2. The molecule has 1 aliphatic heterocycles. The summed E-state index contributed by atoms with van der Waals surface area (Å²) in [5.74, 6) is -1.32. The second-order valence-corrected chi connectivity index (χ2v) is 7.90. The van der Waals surface area contributed by atoms with E-state index < -0.39 is 17.7 Å². The van der Waals surface area contributed by atoms with E-state index in [4.69, 9.17) is 9.47 Å². The maximum atomic E-state index is 13.3. The first-order valence-electron chi connectivity index (χ1n) is 10.6. The average molecular weight is 460 g/mol. The Bertz CT molecular complexity index is 1230. The summed E-state index contributed by atoms with van der Waals surface area (Å²) in [4.78, 5) is 34.1. The van der Waals surface area contributed by atoms with Crippen molar-refractivity contribution in [2.45, 2.75) is 6.04 Å². The summed E-state index contributed by atoms with van der Waals surface area (Å²) in [5, 5.41) is 11.4. The number of nitrogens with zero attached hydrogens (tertiary/aromatic N) is 3. The molecule has 0 radical (unpaired) electrons. The van der Waals surface area contributed by atoms with E-state index in [0.29, 0.717) is 22.7 Å². The molecular formula is C26H25N3O5. The summed E-state index contributed by atoms with van der Waals surface area (Å²) in [6, 6.07) is 14.8. The normalized spacial score (nSPS) is 17.1. The van der Waals surface area contributed by atoms with E-state index in [1.54, 1.807) is 54.9 Å². The smallest absolute Gasteiger partial charge is 0.300 e. The number of aliphatic hydroxyl groups excluding tert-OH is 1. The third-order valence-electron chi connectivity index (χ3n) is 5.75. The molecule has 1 aromatic heterocycles. The van der Waals surface area contributed by atoms with Gasteiger partial charge in [-0.1, -0.05) is 12.1 Å². The zero-order chi connectivity index (χ0) is 24.4. The minimum absolute atomic E-state index is 0.0718. The van der Waals surface area contributed by atoms with Crippen LogP contribution in [0.2, 0.25) is 0 Å². The zero-order valence-electron chi connectivity index (χ0n) is 19.4. The highest BCUT2D eigenvalue weighted by Gasteiger charge is 2.47. The molecule has 8 heteroatoms. The van der Waals surface area contributed by atoms with Gasteiger partial charge in [-0.15, -0.1) is 0 Å². The molecule has 1 saturated heterocycles. The Morgan fingerprint density at radius 2 is 1.62 bits per heavy atom. The minimum atomic E-state index is -0.895. The Morgan fingerprint density at radius 1 is 0.971 bits per heavy atom. The molecular weight excluding hydrogens is 434 g/mol. The van der Waals surface area contributed by atoms with Crippen LogP contribution in [0.25, 0.3) is 5.76 Å². The number of ketones is 1. The van der Waals surface area contributed by atoms with Crippen molar-refractivity contribution < 1.29 is 24.2 Å². The number of amides is 1. The molecule has 1 amide bonds. The summed E-state index contributed by atoms with van der Waals surface area (Å²) < 4.78 is 10.8. The first-order valence-corrected chi connectivity index (χ1v) is 10.6. The molecule has 8 nitrogen and oxygen atoms in total. The molecule has 1 aliphatic rings. The quantitative estimate of drug-likeness (QED) is 0.341. The van der Waals surface area contributed by atoms with Crippen LogP contribution in [0.1, 0.15) is 17.2 Å². The monoisotopic (exact) mass is 459 g/mol. The second-order valence-electron chi connectivity index (χ2n) is 7.90. The number of Topliss-reactive ketones (excluding diaryl/α,β-unsaturated/α-hetero) is 1.